The summed E-state index contributed by atoms with van der Waals surface area (Å²) >= 11 is 0. The molecule has 0 bridgehead atoms. The number of ether oxygens (including phenoxy) is 2. The molecule has 10 rings (SSSR count). The van der Waals surface area contributed by atoms with Crippen LogP contribution in [0.4, 0.5) is 61.8 Å². The number of nitrogens with zero attached hydrogens (tertiary/aromatic N) is 17. The van der Waals surface area contributed by atoms with Crippen molar-refractivity contribution >= 4 is 69.6 Å². The number of aliphatic hydroxyl groups excluding tert-OH is 2. The summed E-state index contributed by atoms with van der Waals surface area (Å²) in [6, 6.07) is 0. The zero-order chi connectivity index (χ0) is 53.4. The Morgan fingerprint density at radius 1 is 0.560 bits per heavy atom. The summed E-state index contributed by atoms with van der Waals surface area (Å²) in [7, 11) is 0. The van der Waals surface area contributed by atoms with E-state index in [1.165, 1.54) is 29.7 Å². The number of nitrogens with one attached hydrogen (secondary N) is 1. The molecular weight excluding hydrogens is 1010 g/mol. The van der Waals surface area contributed by atoms with Gasteiger partial charge in [-0.05, 0) is 0 Å². The summed E-state index contributed by atoms with van der Waals surface area (Å²) in [5.41, 5.74) is 12.7. The Bertz CT molecular complexity index is 2900. The maximum Gasteiger partial charge on any atom is 0.406 e. The maximum atomic E-state index is 13.8. The zero-order valence-electron chi connectivity index (χ0n) is 40.0. The standard InChI is InChI=1S/C21H25F3N10O3.C19H23F3N10O.C2H4O3/c22-21(23,24)12-34-18-15(28-20(34)33-3-1-31(2-4-33)14(36)11-35)17(32-5-7-37-8-6-32)29-16(30-18)13-9-26-19(25)27-10-13;20-19(21,22)11-32-16-13(27-18(32)31-3-1-24-2-4-31)15(30-5-7-33-8-6-30)28-14(29-16)12-9-25-17(23)26-10-12;3-1-2(4)5/h9-10,35H,1-8,11-12H2,(H2,25,26,27);9-10,24H,1-8,11H2,(H2,23,25,26);3H,1H2,(H,4,5). The third-order valence-corrected chi connectivity index (χ3v) is 11.9. The number of carbonyl (C=O) groups is 2. The highest BCUT2D eigenvalue weighted by Gasteiger charge is 2.36. The summed E-state index contributed by atoms with van der Waals surface area (Å²) < 4.78 is 95.3. The van der Waals surface area contributed by atoms with E-state index < -0.39 is 50.5 Å². The van der Waals surface area contributed by atoms with E-state index in [-0.39, 0.29) is 78.4 Å². The first-order valence-corrected chi connectivity index (χ1v) is 23.3. The smallest absolute Gasteiger partial charge is 0.406 e. The highest BCUT2D eigenvalue weighted by atomic mass is 19.4. The number of rotatable bonds is 10. The Kier molecular flexibility index (Phi) is 16.7. The molecule has 6 aromatic rings. The fourth-order valence-electron chi connectivity index (χ4n) is 8.36. The molecule has 0 aromatic carbocycles. The summed E-state index contributed by atoms with van der Waals surface area (Å²) in [5, 5.41) is 27.4. The first kappa shape index (κ1) is 53.7. The van der Waals surface area contributed by atoms with E-state index in [4.69, 9.17) is 41.1 Å². The molecule has 0 radical (unpaired) electrons. The first-order valence-electron chi connectivity index (χ1n) is 23.3. The molecule has 0 spiro atoms. The molecule has 0 saturated carbocycles. The number of carboxylic acid groups (broad SMARTS) is 1. The van der Waals surface area contributed by atoms with Gasteiger partial charge in [0.25, 0.3) is 0 Å². The van der Waals surface area contributed by atoms with E-state index in [2.05, 4.69) is 55.2 Å². The second-order valence-corrected chi connectivity index (χ2v) is 17.0. The number of nitrogen functional groups attached to an aromatic ring is 2. The molecule has 4 fully saturated rings. The van der Waals surface area contributed by atoms with E-state index in [0.29, 0.717) is 107 Å². The van der Waals surface area contributed by atoms with Crippen molar-refractivity contribution in [2.24, 2.45) is 0 Å². The maximum absolute atomic E-state index is 13.8. The molecule has 0 atom stereocenters. The Balaban J connectivity index is 0.000000184. The van der Waals surface area contributed by atoms with Crippen LogP contribution in [0.3, 0.4) is 0 Å². The number of nitrogens with two attached hydrogens (primary N) is 2. The normalized spacial score (nSPS) is 16.7. The molecule has 33 heteroatoms. The molecule has 10 heterocycles. The van der Waals surface area contributed by atoms with E-state index >= 15 is 0 Å². The number of alkyl halides is 6. The van der Waals surface area contributed by atoms with E-state index in [1.54, 1.807) is 4.90 Å². The second-order valence-electron chi connectivity index (χ2n) is 17.0. The molecule has 27 nitrogen and oxygen atoms in total. The van der Waals surface area contributed by atoms with Crippen molar-refractivity contribution in [3.8, 4) is 22.8 Å². The van der Waals surface area contributed by atoms with Crippen molar-refractivity contribution in [3.05, 3.63) is 24.8 Å². The van der Waals surface area contributed by atoms with Crippen LogP contribution in [-0.2, 0) is 32.2 Å². The van der Waals surface area contributed by atoms with Crippen molar-refractivity contribution in [1.82, 2.24) is 69.2 Å². The minimum absolute atomic E-state index is 0.0181. The lowest BCUT2D eigenvalue weighted by atomic mass is 10.3. The molecule has 1 amide bonds. The van der Waals surface area contributed by atoms with Gasteiger partial charge in [0.05, 0.1) is 37.6 Å². The Hall–Kier alpha value is -7.62. The SMILES string of the molecule is Nc1ncc(-c2nc(N3CCOCC3)c3nc(N4CCN(C(=O)CO)CC4)n(CC(F)(F)F)c3n2)cn1.Nc1ncc(-c2nc(N3CCOCC3)c3nc(N4CCNCC4)n(CC(F)(F)F)c3n2)cn1.O=C(O)CO. The van der Waals surface area contributed by atoms with Crippen LogP contribution in [0.2, 0.25) is 0 Å². The summed E-state index contributed by atoms with van der Waals surface area (Å²) in [4.78, 5) is 73.2. The number of piperazine rings is 2. The van der Waals surface area contributed by atoms with Gasteiger partial charge >= 0.3 is 18.3 Å². The number of hydrogen-bond donors (Lipinski definition) is 6. The molecule has 6 aromatic heterocycles. The highest BCUT2D eigenvalue weighted by Crippen LogP contribution is 2.36. The average Bonchev–Trinajstić information content (AvgIpc) is 3.95. The summed E-state index contributed by atoms with van der Waals surface area (Å²) in [6.07, 6.45) is -3.27. The summed E-state index contributed by atoms with van der Waals surface area (Å²) in [5.74, 6) is 0.0172. The average molecular weight is 1060 g/mol. The molecule has 4 saturated heterocycles. The minimum atomic E-state index is -4.55. The van der Waals surface area contributed by atoms with Crippen molar-refractivity contribution in [2.45, 2.75) is 25.4 Å². The first-order chi connectivity index (χ1) is 35.9. The van der Waals surface area contributed by atoms with Gasteiger partial charge in [-0.15, -0.1) is 0 Å². The quantitative estimate of drug-likeness (QED) is 0.0955. The topological polar surface area (TPSA) is 332 Å². The van der Waals surface area contributed by atoms with E-state index in [9.17, 15) is 31.1 Å². The minimum Gasteiger partial charge on any atom is -0.480 e. The Labute approximate surface area is 421 Å². The van der Waals surface area contributed by atoms with Crippen LogP contribution in [0, 0.1) is 0 Å². The van der Waals surface area contributed by atoms with Crippen LogP contribution < -0.4 is 36.4 Å². The monoisotopic (exact) mass is 1060 g/mol. The lowest BCUT2D eigenvalue weighted by Crippen LogP contribution is -2.50. The van der Waals surface area contributed by atoms with Gasteiger partial charge in [-0.25, -0.2) is 54.6 Å². The van der Waals surface area contributed by atoms with Gasteiger partial charge in [0.1, 0.15) is 26.3 Å². The van der Waals surface area contributed by atoms with Crippen LogP contribution in [0.5, 0.6) is 0 Å². The van der Waals surface area contributed by atoms with Crippen LogP contribution in [0.1, 0.15) is 0 Å². The second kappa shape index (κ2) is 23.3. The van der Waals surface area contributed by atoms with Crippen LogP contribution in [-0.4, -0.2) is 222 Å². The van der Waals surface area contributed by atoms with Gasteiger partial charge in [0, 0.05) is 103 Å². The number of halogens is 6. The van der Waals surface area contributed by atoms with Crippen molar-refractivity contribution in [1.29, 1.82) is 0 Å². The van der Waals surface area contributed by atoms with Gasteiger partial charge in [-0.3, -0.25) is 13.9 Å². The number of fused-ring (bicyclic) bond motifs is 2. The predicted octanol–water partition coefficient (Wildman–Crippen LogP) is -0.357. The Morgan fingerprint density at radius 2 is 0.947 bits per heavy atom. The number of imidazole rings is 2. The molecule has 8 N–H and O–H groups in total. The van der Waals surface area contributed by atoms with Crippen molar-refractivity contribution in [2.75, 3.05) is 149 Å². The molecule has 404 valence electrons. The number of aliphatic hydroxyl groups is 2. The summed E-state index contributed by atoms with van der Waals surface area (Å²) in [6.45, 7) is 3.32. The molecule has 4 aliphatic heterocycles. The van der Waals surface area contributed by atoms with Gasteiger partial charge in [0.2, 0.25) is 29.7 Å². The van der Waals surface area contributed by atoms with E-state index in [0.717, 1.165) is 9.13 Å². The van der Waals surface area contributed by atoms with Gasteiger partial charge < -0.3 is 66.1 Å². The number of aromatic nitrogens is 12. The predicted molar refractivity (Wildman–Crippen MR) is 255 cm³/mol. The highest BCUT2D eigenvalue weighted by molar-refractivity contribution is 5.89. The number of morpholine rings is 2. The van der Waals surface area contributed by atoms with Crippen molar-refractivity contribution in [3.63, 3.8) is 0 Å². The number of hydrogen-bond acceptors (Lipinski definition) is 23. The van der Waals surface area contributed by atoms with Crippen molar-refractivity contribution < 1.29 is 60.7 Å². The molecule has 0 aliphatic carbocycles. The van der Waals surface area contributed by atoms with Crippen LogP contribution >= 0.6 is 0 Å². The van der Waals surface area contributed by atoms with Crippen LogP contribution in [0.15, 0.2) is 24.8 Å². The number of aliphatic carboxylic acids is 1. The zero-order valence-corrected chi connectivity index (χ0v) is 40.0. The third-order valence-electron chi connectivity index (χ3n) is 11.9. The number of anilines is 6. The van der Waals surface area contributed by atoms with Gasteiger partial charge in [0.15, 0.2) is 45.6 Å². The molecular formula is C42H52F6N20O7. The van der Waals surface area contributed by atoms with Gasteiger partial charge in [-0.2, -0.15) is 26.3 Å². The Morgan fingerprint density at radius 3 is 1.31 bits per heavy atom. The van der Waals surface area contributed by atoms with Gasteiger partial charge in [-0.1, -0.05) is 0 Å². The van der Waals surface area contributed by atoms with Crippen LogP contribution in [0.25, 0.3) is 45.1 Å². The largest absolute Gasteiger partial charge is 0.480 e. The lowest BCUT2D eigenvalue weighted by molar-refractivity contribution is -0.140. The third kappa shape index (κ3) is 13.2. The number of carbonyl (C=O) groups excluding carboxylic acids is 1. The molecule has 0 unspecified atom stereocenters. The number of carboxylic acids is 1. The molecule has 4 aliphatic rings. The lowest BCUT2D eigenvalue weighted by Gasteiger charge is -2.35. The van der Waals surface area contributed by atoms with E-state index in [1.807, 2.05) is 14.7 Å². The fraction of sp³-hybridized carbons (Fsp3) is 0.524. The molecule has 75 heavy (non-hydrogen) atoms. The number of amides is 1. The fourth-order valence-corrected chi connectivity index (χ4v) is 8.36.